The Morgan fingerprint density at radius 1 is 1.00 bits per heavy atom. The Labute approximate surface area is 109 Å². The third-order valence-corrected chi connectivity index (χ3v) is 3.84. The van der Waals surface area contributed by atoms with Crippen LogP contribution in [0.3, 0.4) is 0 Å². The van der Waals surface area contributed by atoms with Gasteiger partial charge in [-0.3, -0.25) is 0 Å². The Kier molecular flexibility index (Phi) is 3.41. The van der Waals surface area contributed by atoms with Crippen molar-refractivity contribution in [3.05, 3.63) is 53.8 Å². The molecule has 0 N–H and O–H groups in total. The molecule has 0 radical (unpaired) electrons. The molecule has 0 bridgehead atoms. The summed E-state index contributed by atoms with van der Waals surface area (Å²) in [5, 5.41) is 0. The molecule has 5 heteroatoms. The zero-order chi connectivity index (χ0) is 13.3. The molecule has 0 saturated carbocycles. The van der Waals surface area contributed by atoms with Crippen LogP contribution in [0.5, 0.6) is 0 Å². The SMILES string of the molecule is Cc1cc(-c2ccc(F)cc2)cc(S(=O)(=O)Cl)c1. The van der Waals surface area contributed by atoms with Crippen LogP contribution in [0, 0.1) is 12.7 Å². The van der Waals surface area contributed by atoms with Crippen molar-refractivity contribution in [1.29, 1.82) is 0 Å². The maximum absolute atomic E-state index is 12.8. The molecule has 0 fully saturated rings. The van der Waals surface area contributed by atoms with Gasteiger partial charge in [0.15, 0.2) is 0 Å². The van der Waals surface area contributed by atoms with Gasteiger partial charge in [0.1, 0.15) is 5.82 Å². The molecule has 0 amide bonds. The normalized spacial score (nSPS) is 11.5. The molecule has 2 nitrogen and oxygen atoms in total. The zero-order valence-electron chi connectivity index (χ0n) is 9.52. The van der Waals surface area contributed by atoms with Gasteiger partial charge < -0.3 is 0 Å². The van der Waals surface area contributed by atoms with E-state index in [-0.39, 0.29) is 10.7 Å². The molecule has 0 aromatic heterocycles. The number of rotatable bonds is 2. The summed E-state index contributed by atoms with van der Waals surface area (Å²) in [5.41, 5.74) is 2.20. The Morgan fingerprint density at radius 3 is 2.17 bits per heavy atom. The highest BCUT2D eigenvalue weighted by Gasteiger charge is 2.12. The molecule has 0 spiro atoms. The minimum Gasteiger partial charge on any atom is -0.207 e. The molecule has 0 aliphatic carbocycles. The number of aryl methyl sites for hydroxylation is 1. The molecular formula is C13H10ClFO2S. The first-order valence-electron chi connectivity index (χ1n) is 5.18. The Balaban J connectivity index is 2.59. The van der Waals surface area contributed by atoms with E-state index in [1.807, 2.05) is 6.07 Å². The van der Waals surface area contributed by atoms with Crippen LogP contribution in [0.1, 0.15) is 5.56 Å². The van der Waals surface area contributed by atoms with Crippen molar-refractivity contribution in [2.45, 2.75) is 11.8 Å². The molecule has 18 heavy (non-hydrogen) atoms. The summed E-state index contributed by atoms with van der Waals surface area (Å²) in [6.07, 6.45) is 0. The molecular weight excluding hydrogens is 275 g/mol. The van der Waals surface area contributed by atoms with E-state index in [2.05, 4.69) is 0 Å². The second-order valence-electron chi connectivity index (χ2n) is 3.98. The van der Waals surface area contributed by atoms with E-state index in [0.29, 0.717) is 5.56 Å². The lowest BCUT2D eigenvalue weighted by molar-refractivity contribution is 0.609. The smallest absolute Gasteiger partial charge is 0.207 e. The third kappa shape index (κ3) is 2.89. The Hall–Kier alpha value is -1.39. The van der Waals surface area contributed by atoms with Crippen LogP contribution in [-0.4, -0.2) is 8.42 Å². The molecule has 2 rings (SSSR count). The summed E-state index contributed by atoms with van der Waals surface area (Å²) in [7, 11) is 1.56. The molecule has 2 aromatic carbocycles. The summed E-state index contributed by atoms with van der Waals surface area (Å²) >= 11 is 0. The number of hydrogen-bond donors (Lipinski definition) is 0. The van der Waals surface area contributed by atoms with Gasteiger partial charge in [0.05, 0.1) is 4.90 Å². The molecule has 0 saturated heterocycles. The average Bonchev–Trinajstić information content (AvgIpc) is 2.28. The fraction of sp³-hybridized carbons (Fsp3) is 0.0769. The lowest BCUT2D eigenvalue weighted by Crippen LogP contribution is -1.92. The summed E-state index contributed by atoms with van der Waals surface area (Å²) in [4.78, 5) is 0.0449. The number of benzene rings is 2. The van der Waals surface area contributed by atoms with Crippen molar-refractivity contribution in [3.8, 4) is 11.1 Å². The maximum Gasteiger partial charge on any atom is 0.261 e. The van der Waals surface area contributed by atoms with Crippen LogP contribution in [-0.2, 0) is 9.05 Å². The predicted molar refractivity (Wildman–Crippen MR) is 69.6 cm³/mol. The number of halogens is 2. The van der Waals surface area contributed by atoms with Gasteiger partial charge in [-0.2, -0.15) is 0 Å². The predicted octanol–water partition coefficient (Wildman–Crippen LogP) is 3.73. The molecule has 0 heterocycles. The van der Waals surface area contributed by atoms with Gasteiger partial charge in [0.2, 0.25) is 0 Å². The molecule has 0 aliphatic rings. The highest BCUT2D eigenvalue weighted by molar-refractivity contribution is 8.13. The van der Waals surface area contributed by atoms with Crippen molar-refractivity contribution in [2.75, 3.05) is 0 Å². The van der Waals surface area contributed by atoms with Crippen LogP contribution >= 0.6 is 10.7 Å². The minimum absolute atomic E-state index is 0.0449. The second-order valence-corrected chi connectivity index (χ2v) is 6.55. The number of hydrogen-bond acceptors (Lipinski definition) is 2. The fourth-order valence-corrected chi connectivity index (χ4v) is 2.56. The topological polar surface area (TPSA) is 34.1 Å². The van der Waals surface area contributed by atoms with Crippen molar-refractivity contribution in [1.82, 2.24) is 0 Å². The summed E-state index contributed by atoms with van der Waals surface area (Å²) < 4.78 is 35.5. The molecule has 0 atom stereocenters. The van der Waals surface area contributed by atoms with Crippen molar-refractivity contribution in [3.63, 3.8) is 0 Å². The lowest BCUT2D eigenvalue weighted by atomic mass is 10.0. The summed E-state index contributed by atoms with van der Waals surface area (Å²) in [6, 6.07) is 10.6. The quantitative estimate of drug-likeness (QED) is 0.788. The van der Waals surface area contributed by atoms with Gasteiger partial charge in [-0.05, 0) is 47.9 Å². The highest BCUT2D eigenvalue weighted by atomic mass is 35.7. The van der Waals surface area contributed by atoms with E-state index in [0.717, 1.165) is 11.1 Å². The monoisotopic (exact) mass is 284 g/mol. The Bertz CT molecular complexity index is 679. The first-order valence-corrected chi connectivity index (χ1v) is 7.49. The van der Waals surface area contributed by atoms with Gasteiger partial charge >= 0.3 is 0 Å². The van der Waals surface area contributed by atoms with Crippen LogP contribution in [0.15, 0.2) is 47.4 Å². The van der Waals surface area contributed by atoms with E-state index in [1.54, 1.807) is 19.1 Å². The molecule has 2 aromatic rings. The maximum atomic E-state index is 12.8. The standard InChI is InChI=1S/C13H10ClFO2S/c1-9-6-11(8-13(7-9)18(14,16)17)10-2-4-12(15)5-3-10/h2-8H,1H3. The minimum atomic E-state index is -3.77. The lowest BCUT2D eigenvalue weighted by Gasteiger charge is -2.06. The fourth-order valence-electron chi connectivity index (χ4n) is 1.70. The first-order chi connectivity index (χ1) is 8.36. The largest absolute Gasteiger partial charge is 0.261 e. The molecule has 0 aliphatic heterocycles. The molecule has 94 valence electrons. The van der Waals surface area contributed by atoms with Gasteiger partial charge in [-0.15, -0.1) is 0 Å². The van der Waals surface area contributed by atoms with Crippen LogP contribution in [0.25, 0.3) is 11.1 Å². The molecule has 0 unspecified atom stereocenters. The Morgan fingerprint density at radius 2 is 1.61 bits per heavy atom. The van der Waals surface area contributed by atoms with Crippen molar-refractivity contribution >= 4 is 19.7 Å². The highest BCUT2D eigenvalue weighted by Crippen LogP contribution is 2.26. The van der Waals surface area contributed by atoms with E-state index >= 15 is 0 Å². The van der Waals surface area contributed by atoms with Crippen LogP contribution in [0.4, 0.5) is 4.39 Å². The first kappa shape index (κ1) is 13.1. The van der Waals surface area contributed by atoms with Crippen LogP contribution < -0.4 is 0 Å². The average molecular weight is 285 g/mol. The van der Waals surface area contributed by atoms with Gasteiger partial charge in [0.25, 0.3) is 9.05 Å². The van der Waals surface area contributed by atoms with E-state index < -0.39 is 9.05 Å². The zero-order valence-corrected chi connectivity index (χ0v) is 11.1. The van der Waals surface area contributed by atoms with Crippen molar-refractivity contribution in [2.24, 2.45) is 0 Å². The van der Waals surface area contributed by atoms with Crippen LogP contribution in [0.2, 0.25) is 0 Å². The summed E-state index contributed by atoms with van der Waals surface area (Å²) in [6.45, 7) is 1.78. The van der Waals surface area contributed by atoms with Gasteiger partial charge in [-0.1, -0.05) is 18.2 Å². The van der Waals surface area contributed by atoms with E-state index in [4.69, 9.17) is 10.7 Å². The summed E-state index contributed by atoms with van der Waals surface area (Å²) in [5.74, 6) is -0.336. The van der Waals surface area contributed by atoms with Gasteiger partial charge in [0, 0.05) is 10.7 Å². The van der Waals surface area contributed by atoms with Crippen molar-refractivity contribution < 1.29 is 12.8 Å². The third-order valence-electron chi connectivity index (χ3n) is 2.51. The second kappa shape index (κ2) is 4.71. The van der Waals surface area contributed by atoms with Gasteiger partial charge in [-0.25, -0.2) is 12.8 Å². The van der Waals surface area contributed by atoms with E-state index in [9.17, 15) is 12.8 Å². The van der Waals surface area contributed by atoms with E-state index in [1.165, 1.54) is 24.3 Å².